The molecule has 0 aliphatic carbocycles. The number of imidazole rings is 1. The second-order valence-electron chi connectivity index (χ2n) is 7.41. The van der Waals surface area contributed by atoms with Crippen LogP contribution in [0.4, 0.5) is 10.6 Å². The van der Waals surface area contributed by atoms with Crippen LogP contribution in [0.15, 0.2) is 49.2 Å². The number of hydrogen-bond acceptors (Lipinski definition) is 7. The lowest BCUT2D eigenvalue weighted by atomic mass is 10.2. The number of nitrogens with one attached hydrogen (secondary N) is 1. The summed E-state index contributed by atoms with van der Waals surface area (Å²) in [6.07, 6.45) is 3.86. The number of rotatable bonds is 7. The average Bonchev–Trinajstić information content (AvgIpc) is 3.40. The van der Waals surface area contributed by atoms with Crippen LogP contribution in [0, 0.1) is 0 Å². The Bertz CT molecular complexity index is 1060. The molecule has 3 heterocycles. The molecule has 1 aromatic carbocycles. The SMILES string of the molecule is C[C@H](NCc1cc(N2C(=O)OC[C@@H]2[C@@H](C)O)ncn1)c1cn(-c2ccc(Cl)cc2)cn1. The van der Waals surface area contributed by atoms with E-state index in [0.29, 0.717) is 23.1 Å². The Labute approximate surface area is 184 Å². The fourth-order valence-electron chi connectivity index (χ4n) is 3.35. The van der Waals surface area contributed by atoms with Crippen molar-refractivity contribution in [2.24, 2.45) is 0 Å². The van der Waals surface area contributed by atoms with Crippen LogP contribution in [0.3, 0.4) is 0 Å². The van der Waals surface area contributed by atoms with Crippen molar-refractivity contribution < 1.29 is 14.6 Å². The molecule has 9 nitrogen and oxygen atoms in total. The van der Waals surface area contributed by atoms with Crippen molar-refractivity contribution in [2.45, 2.75) is 38.6 Å². The molecule has 0 unspecified atom stereocenters. The number of aliphatic hydroxyl groups is 1. The second kappa shape index (κ2) is 9.01. The summed E-state index contributed by atoms with van der Waals surface area (Å²) in [5.74, 6) is 0.403. The largest absolute Gasteiger partial charge is 0.447 e. The third-order valence-corrected chi connectivity index (χ3v) is 5.43. The van der Waals surface area contributed by atoms with Crippen molar-refractivity contribution in [1.29, 1.82) is 0 Å². The number of ether oxygens (including phenoxy) is 1. The first kappa shape index (κ1) is 21.2. The minimum atomic E-state index is -0.737. The van der Waals surface area contributed by atoms with Crippen molar-refractivity contribution in [3.63, 3.8) is 0 Å². The molecule has 0 bridgehead atoms. The smallest absolute Gasteiger partial charge is 0.416 e. The molecule has 1 fully saturated rings. The number of benzene rings is 1. The normalized spacial score (nSPS) is 18.1. The van der Waals surface area contributed by atoms with Gasteiger partial charge in [-0.25, -0.2) is 19.7 Å². The zero-order chi connectivity index (χ0) is 22.0. The van der Waals surface area contributed by atoms with E-state index in [1.54, 1.807) is 19.3 Å². The molecule has 10 heteroatoms. The molecular formula is C21H23ClN6O3. The molecule has 0 spiro atoms. The molecule has 1 amide bonds. The fourth-order valence-corrected chi connectivity index (χ4v) is 3.47. The highest BCUT2D eigenvalue weighted by atomic mass is 35.5. The van der Waals surface area contributed by atoms with E-state index in [-0.39, 0.29) is 12.6 Å². The lowest BCUT2D eigenvalue weighted by molar-refractivity contribution is 0.142. The van der Waals surface area contributed by atoms with Crippen molar-refractivity contribution in [3.05, 3.63) is 65.6 Å². The highest BCUT2D eigenvalue weighted by Gasteiger charge is 2.38. The Morgan fingerprint density at radius 1 is 1.26 bits per heavy atom. The molecular weight excluding hydrogens is 420 g/mol. The molecule has 2 N–H and O–H groups in total. The van der Waals surface area contributed by atoms with Gasteiger partial charge in [-0.15, -0.1) is 0 Å². The van der Waals surface area contributed by atoms with Crippen molar-refractivity contribution >= 4 is 23.5 Å². The number of aromatic nitrogens is 4. The van der Waals surface area contributed by atoms with Gasteiger partial charge >= 0.3 is 6.09 Å². The molecule has 4 rings (SSSR count). The summed E-state index contributed by atoms with van der Waals surface area (Å²) in [6, 6.07) is 8.74. The average molecular weight is 443 g/mol. The van der Waals surface area contributed by atoms with Gasteiger partial charge < -0.3 is 19.7 Å². The minimum Gasteiger partial charge on any atom is -0.447 e. The molecule has 3 atom stereocenters. The number of amides is 1. The zero-order valence-corrected chi connectivity index (χ0v) is 17.9. The topological polar surface area (TPSA) is 105 Å². The summed E-state index contributed by atoms with van der Waals surface area (Å²) in [6.45, 7) is 4.21. The Balaban J connectivity index is 1.42. The highest BCUT2D eigenvalue weighted by molar-refractivity contribution is 6.30. The number of anilines is 1. The van der Waals surface area contributed by atoms with Crippen LogP contribution in [0.5, 0.6) is 0 Å². The lowest BCUT2D eigenvalue weighted by Gasteiger charge is -2.22. The van der Waals surface area contributed by atoms with Crippen LogP contribution in [0.1, 0.15) is 31.3 Å². The zero-order valence-electron chi connectivity index (χ0n) is 17.1. The van der Waals surface area contributed by atoms with E-state index in [9.17, 15) is 9.90 Å². The Morgan fingerprint density at radius 2 is 2.03 bits per heavy atom. The number of hydrogen-bond donors (Lipinski definition) is 2. The Hall–Kier alpha value is -3.01. The van der Waals surface area contributed by atoms with Gasteiger partial charge in [-0.1, -0.05) is 11.6 Å². The van der Waals surface area contributed by atoms with Crippen LogP contribution in [0.2, 0.25) is 5.02 Å². The third-order valence-electron chi connectivity index (χ3n) is 5.18. The van der Waals surface area contributed by atoms with E-state index in [1.165, 1.54) is 11.2 Å². The second-order valence-corrected chi connectivity index (χ2v) is 7.84. The molecule has 3 aromatic rings. The van der Waals surface area contributed by atoms with Crippen LogP contribution in [-0.4, -0.2) is 49.5 Å². The molecule has 31 heavy (non-hydrogen) atoms. The number of nitrogens with zero attached hydrogens (tertiary/aromatic N) is 5. The standard InChI is InChI=1S/C21H23ClN6O3/c1-13(18-9-27(12-26-18)17-5-3-15(22)4-6-17)23-8-16-7-20(25-11-24-16)28-19(14(2)29)10-31-21(28)30/h3-7,9,11-14,19,23,29H,8,10H2,1-2H3/t13-,14+,19+/m0/s1. The Morgan fingerprint density at radius 3 is 2.77 bits per heavy atom. The summed E-state index contributed by atoms with van der Waals surface area (Å²) in [4.78, 5) is 26.4. The first-order valence-corrected chi connectivity index (χ1v) is 10.3. The third kappa shape index (κ3) is 4.68. The summed E-state index contributed by atoms with van der Waals surface area (Å²) in [5, 5.41) is 14.0. The molecule has 0 saturated carbocycles. The number of halogens is 1. The molecule has 0 radical (unpaired) electrons. The van der Waals surface area contributed by atoms with Crippen molar-refractivity contribution in [1.82, 2.24) is 24.8 Å². The van der Waals surface area contributed by atoms with E-state index < -0.39 is 18.2 Å². The summed E-state index contributed by atoms with van der Waals surface area (Å²) in [7, 11) is 0. The van der Waals surface area contributed by atoms with E-state index in [4.69, 9.17) is 16.3 Å². The van der Waals surface area contributed by atoms with Crippen LogP contribution < -0.4 is 10.2 Å². The summed E-state index contributed by atoms with van der Waals surface area (Å²) >= 11 is 5.95. The van der Waals surface area contributed by atoms with Crippen LogP contribution >= 0.6 is 11.6 Å². The molecule has 1 saturated heterocycles. The number of aliphatic hydroxyl groups excluding tert-OH is 1. The van der Waals surface area contributed by atoms with Gasteiger partial charge in [-0.05, 0) is 38.1 Å². The van der Waals surface area contributed by atoms with E-state index >= 15 is 0 Å². The maximum Gasteiger partial charge on any atom is 0.416 e. The van der Waals surface area contributed by atoms with Crippen LogP contribution in [-0.2, 0) is 11.3 Å². The number of cyclic esters (lactones) is 1. The predicted octanol–water partition coefficient (Wildman–Crippen LogP) is 2.87. The maximum atomic E-state index is 12.1. The fraction of sp³-hybridized carbons (Fsp3) is 0.333. The molecule has 2 aromatic heterocycles. The van der Waals surface area contributed by atoms with Crippen LogP contribution in [0.25, 0.3) is 5.69 Å². The van der Waals surface area contributed by atoms with Gasteiger partial charge in [0.15, 0.2) is 0 Å². The predicted molar refractivity (Wildman–Crippen MR) is 115 cm³/mol. The van der Waals surface area contributed by atoms with Gasteiger partial charge in [0, 0.05) is 35.6 Å². The first-order chi connectivity index (χ1) is 14.9. The highest BCUT2D eigenvalue weighted by Crippen LogP contribution is 2.23. The van der Waals surface area contributed by atoms with E-state index in [1.807, 2.05) is 42.0 Å². The first-order valence-electron chi connectivity index (χ1n) is 9.90. The maximum absolute atomic E-state index is 12.1. The van der Waals surface area contributed by atoms with Crippen molar-refractivity contribution in [3.8, 4) is 5.69 Å². The number of carbonyl (C=O) groups excluding carboxylic acids is 1. The molecule has 162 valence electrons. The quantitative estimate of drug-likeness (QED) is 0.579. The summed E-state index contributed by atoms with van der Waals surface area (Å²) < 4.78 is 7.00. The van der Waals surface area contributed by atoms with Gasteiger partial charge in [-0.2, -0.15) is 0 Å². The van der Waals surface area contributed by atoms with Gasteiger partial charge in [0.25, 0.3) is 0 Å². The monoisotopic (exact) mass is 442 g/mol. The van der Waals surface area contributed by atoms with E-state index in [0.717, 1.165) is 11.4 Å². The van der Waals surface area contributed by atoms with Crippen molar-refractivity contribution in [2.75, 3.05) is 11.5 Å². The van der Waals surface area contributed by atoms with Gasteiger partial charge in [0.05, 0.1) is 23.8 Å². The summed E-state index contributed by atoms with van der Waals surface area (Å²) in [5.41, 5.74) is 2.56. The minimum absolute atomic E-state index is 0.0334. The number of carbonyl (C=O) groups is 1. The van der Waals surface area contributed by atoms with Gasteiger partial charge in [0.1, 0.15) is 24.8 Å². The molecule has 1 aliphatic heterocycles. The molecule has 1 aliphatic rings. The van der Waals surface area contributed by atoms with E-state index in [2.05, 4.69) is 20.3 Å². The van der Waals surface area contributed by atoms with Gasteiger partial charge in [0.2, 0.25) is 0 Å². The lowest BCUT2D eigenvalue weighted by Crippen LogP contribution is -2.41. The van der Waals surface area contributed by atoms with Gasteiger partial charge in [-0.3, -0.25) is 4.90 Å². The Kier molecular flexibility index (Phi) is 6.17.